The molecule has 3 rings (SSSR count). The highest BCUT2D eigenvalue weighted by molar-refractivity contribution is 5.80. The lowest BCUT2D eigenvalue weighted by molar-refractivity contribution is 0.168. The van der Waals surface area contributed by atoms with Crippen LogP contribution in [0.3, 0.4) is 0 Å². The van der Waals surface area contributed by atoms with E-state index in [2.05, 4.69) is 29.0 Å². The molecule has 120 valence electrons. The zero-order chi connectivity index (χ0) is 14.7. The molecule has 0 aromatic carbocycles. The molecule has 0 bridgehead atoms. The quantitative estimate of drug-likeness (QED) is 0.636. The van der Waals surface area contributed by atoms with Gasteiger partial charge in [0, 0.05) is 32.2 Å². The van der Waals surface area contributed by atoms with Crippen molar-refractivity contribution >= 4 is 5.96 Å². The molecule has 21 heavy (non-hydrogen) atoms. The first-order valence-corrected chi connectivity index (χ1v) is 9.05. The summed E-state index contributed by atoms with van der Waals surface area (Å²) in [7, 11) is 0. The van der Waals surface area contributed by atoms with Gasteiger partial charge in [0.15, 0.2) is 5.96 Å². The van der Waals surface area contributed by atoms with Crippen molar-refractivity contribution in [2.45, 2.75) is 52.0 Å². The number of aliphatic imine (C=N–C) groups is 1. The van der Waals surface area contributed by atoms with Crippen LogP contribution in [-0.4, -0.2) is 61.1 Å². The molecule has 4 heteroatoms. The van der Waals surface area contributed by atoms with Crippen LogP contribution in [0.1, 0.15) is 46.0 Å². The second-order valence-electron chi connectivity index (χ2n) is 7.15. The molecule has 2 heterocycles. The summed E-state index contributed by atoms with van der Waals surface area (Å²) in [4.78, 5) is 10.1. The maximum Gasteiger partial charge on any atom is 0.193 e. The molecule has 2 saturated heterocycles. The van der Waals surface area contributed by atoms with Crippen LogP contribution >= 0.6 is 0 Å². The summed E-state index contributed by atoms with van der Waals surface area (Å²) in [6.07, 6.45) is 6.90. The second kappa shape index (κ2) is 6.99. The molecule has 3 atom stereocenters. The topological polar surface area (TPSA) is 30.9 Å². The largest absolute Gasteiger partial charge is 0.357 e. The average Bonchev–Trinajstić information content (AvgIpc) is 3.02. The smallest absolute Gasteiger partial charge is 0.193 e. The van der Waals surface area contributed by atoms with Gasteiger partial charge in [-0.25, -0.2) is 0 Å². The maximum absolute atomic E-state index is 4.90. The Morgan fingerprint density at radius 1 is 1.19 bits per heavy atom. The molecule has 1 N–H and O–H groups in total. The van der Waals surface area contributed by atoms with E-state index in [0.717, 1.165) is 36.9 Å². The molecule has 3 aliphatic rings. The van der Waals surface area contributed by atoms with Gasteiger partial charge in [-0.1, -0.05) is 13.3 Å². The Morgan fingerprint density at radius 3 is 2.62 bits per heavy atom. The average molecular weight is 292 g/mol. The van der Waals surface area contributed by atoms with E-state index in [9.17, 15) is 0 Å². The highest BCUT2D eigenvalue weighted by Gasteiger charge is 2.33. The molecule has 2 aliphatic heterocycles. The van der Waals surface area contributed by atoms with Gasteiger partial charge in [0.25, 0.3) is 0 Å². The van der Waals surface area contributed by atoms with E-state index in [1.807, 2.05) is 0 Å². The van der Waals surface area contributed by atoms with Crippen molar-refractivity contribution in [3.05, 3.63) is 0 Å². The summed E-state index contributed by atoms with van der Waals surface area (Å²) in [5.41, 5.74) is 0. The fourth-order valence-corrected chi connectivity index (χ4v) is 3.80. The highest BCUT2D eigenvalue weighted by atomic mass is 15.3. The lowest BCUT2D eigenvalue weighted by Crippen LogP contribution is -2.44. The van der Waals surface area contributed by atoms with E-state index in [0.29, 0.717) is 0 Å². The van der Waals surface area contributed by atoms with Crippen molar-refractivity contribution in [1.82, 2.24) is 15.1 Å². The van der Waals surface area contributed by atoms with E-state index in [4.69, 9.17) is 4.99 Å². The van der Waals surface area contributed by atoms with Crippen molar-refractivity contribution < 1.29 is 0 Å². The van der Waals surface area contributed by atoms with E-state index in [-0.39, 0.29) is 0 Å². The van der Waals surface area contributed by atoms with Gasteiger partial charge in [0.1, 0.15) is 0 Å². The zero-order valence-electron chi connectivity index (χ0n) is 13.9. The minimum Gasteiger partial charge on any atom is -0.357 e. The molecule has 0 spiro atoms. The Balaban J connectivity index is 1.53. The van der Waals surface area contributed by atoms with E-state index in [1.54, 1.807) is 0 Å². The first-order chi connectivity index (χ1) is 10.3. The maximum atomic E-state index is 4.90. The number of nitrogens with one attached hydrogen (secondary N) is 1. The zero-order valence-corrected chi connectivity index (χ0v) is 13.9. The van der Waals surface area contributed by atoms with Gasteiger partial charge in [0.2, 0.25) is 0 Å². The molecule has 4 nitrogen and oxygen atoms in total. The minimum absolute atomic E-state index is 0.758. The minimum atomic E-state index is 0.758. The van der Waals surface area contributed by atoms with Gasteiger partial charge in [-0.3, -0.25) is 9.89 Å². The number of piperidine rings is 1. The molecule has 0 aromatic heterocycles. The molecule has 0 radical (unpaired) electrons. The first-order valence-electron chi connectivity index (χ1n) is 9.05. The third-order valence-electron chi connectivity index (χ3n) is 5.46. The SMILES string of the molecule is CCNC(=NCC1CC1C)N1CCC(N2CCCCC2)C1. The fourth-order valence-electron chi connectivity index (χ4n) is 3.80. The summed E-state index contributed by atoms with van der Waals surface area (Å²) in [6, 6.07) is 0.758. The molecule has 0 aromatic rings. The fraction of sp³-hybridized carbons (Fsp3) is 0.941. The van der Waals surface area contributed by atoms with Crippen LogP contribution in [0.25, 0.3) is 0 Å². The number of nitrogens with zero attached hydrogens (tertiary/aromatic N) is 3. The first kappa shape index (κ1) is 15.1. The third kappa shape index (κ3) is 3.91. The summed E-state index contributed by atoms with van der Waals surface area (Å²) < 4.78 is 0. The van der Waals surface area contributed by atoms with Crippen molar-refractivity contribution in [2.24, 2.45) is 16.8 Å². The molecule has 1 aliphatic carbocycles. The number of guanidine groups is 1. The Morgan fingerprint density at radius 2 is 1.95 bits per heavy atom. The van der Waals surface area contributed by atoms with Crippen molar-refractivity contribution in [3.8, 4) is 0 Å². The summed E-state index contributed by atoms with van der Waals surface area (Å²) in [5.74, 6) is 2.91. The van der Waals surface area contributed by atoms with E-state index >= 15 is 0 Å². The summed E-state index contributed by atoms with van der Waals surface area (Å²) in [5, 5.41) is 3.50. The standard InChI is InChI=1S/C17H32N4/c1-3-18-17(19-12-15-11-14(15)2)21-10-7-16(13-21)20-8-5-4-6-9-20/h14-16H,3-13H2,1-2H3,(H,18,19). The lowest BCUT2D eigenvalue weighted by atomic mass is 10.1. The normalized spacial score (nSPS) is 34.3. The lowest BCUT2D eigenvalue weighted by Gasteiger charge is -2.32. The molecule has 0 amide bonds. The molecular formula is C17H32N4. The van der Waals surface area contributed by atoms with Crippen LogP contribution in [0.2, 0.25) is 0 Å². The second-order valence-corrected chi connectivity index (χ2v) is 7.15. The van der Waals surface area contributed by atoms with Crippen LogP contribution in [0.5, 0.6) is 0 Å². The Bertz CT molecular complexity index is 362. The van der Waals surface area contributed by atoms with Gasteiger partial charge in [-0.05, 0) is 57.5 Å². The van der Waals surface area contributed by atoms with Gasteiger partial charge in [-0.15, -0.1) is 0 Å². The van der Waals surface area contributed by atoms with Gasteiger partial charge >= 0.3 is 0 Å². The van der Waals surface area contributed by atoms with Crippen LogP contribution in [0.15, 0.2) is 4.99 Å². The van der Waals surface area contributed by atoms with Gasteiger partial charge in [-0.2, -0.15) is 0 Å². The van der Waals surface area contributed by atoms with Crippen molar-refractivity contribution in [2.75, 3.05) is 39.3 Å². The number of hydrogen-bond donors (Lipinski definition) is 1. The Labute approximate surface area is 130 Å². The van der Waals surface area contributed by atoms with Crippen LogP contribution < -0.4 is 5.32 Å². The van der Waals surface area contributed by atoms with Crippen LogP contribution in [-0.2, 0) is 0 Å². The third-order valence-corrected chi connectivity index (χ3v) is 5.46. The number of hydrogen-bond acceptors (Lipinski definition) is 2. The monoisotopic (exact) mass is 292 g/mol. The van der Waals surface area contributed by atoms with Crippen LogP contribution in [0.4, 0.5) is 0 Å². The van der Waals surface area contributed by atoms with Gasteiger partial charge < -0.3 is 10.2 Å². The van der Waals surface area contributed by atoms with E-state index in [1.165, 1.54) is 58.3 Å². The predicted molar refractivity (Wildman–Crippen MR) is 88.7 cm³/mol. The molecular weight excluding hydrogens is 260 g/mol. The van der Waals surface area contributed by atoms with Crippen molar-refractivity contribution in [1.29, 1.82) is 0 Å². The Kier molecular flexibility index (Phi) is 5.04. The predicted octanol–water partition coefficient (Wildman–Crippen LogP) is 2.17. The number of rotatable bonds is 4. The van der Waals surface area contributed by atoms with E-state index < -0.39 is 0 Å². The molecule has 1 saturated carbocycles. The van der Waals surface area contributed by atoms with Crippen LogP contribution in [0, 0.1) is 11.8 Å². The Hall–Kier alpha value is -0.770. The van der Waals surface area contributed by atoms with Crippen molar-refractivity contribution in [3.63, 3.8) is 0 Å². The van der Waals surface area contributed by atoms with Gasteiger partial charge in [0.05, 0.1) is 0 Å². The highest BCUT2D eigenvalue weighted by Crippen LogP contribution is 2.37. The molecule has 3 unspecified atom stereocenters. The summed E-state index contributed by atoms with van der Waals surface area (Å²) in [6.45, 7) is 11.5. The molecule has 3 fully saturated rings. The number of likely N-dealkylation sites (tertiary alicyclic amines) is 2. The summed E-state index contributed by atoms with van der Waals surface area (Å²) >= 11 is 0.